The SMILES string of the molecule is O=c1oc2c3ccccc3c3ccccc3c2nc1-c1ccccc1. The Balaban J connectivity index is 2.02. The number of nitrogens with zero attached hydrogens (tertiary/aromatic N) is 1. The fourth-order valence-electron chi connectivity index (χ4n) is 3.38. The zero-order valence-corrected chi connectivity index (χ0v) is 13.3. The van der Waals surface area contributed by atoms with Crippen LogP contribution in [-0.4, -0.2) is 4.98 Å². The molecular weight excluding hydrogens is 310 g/mol. The van der Waals surface area contributed by atoms with Gasteiger partial charge >= 0.3 is 5.63 Å². The van der Waals surface area contributed by atoms with E-state index in [1.54, 1.807) is 0 Å². The van der Waals surface area contributed by atoms with E-state index in [0.29, 0.717) is 16.8 Å². The van der Waals surface area contributed by atoms with E-state index in [4.69, 9.17) is 9.40 Å². The van der Waals surface area contributed by atoms with Crippen LogP contribution in [0.3, 0.4) is 0 Å². The molecule has 0 saturated heterocycles. The molecule has 5 rings (SSSR count). The molecule has 0 atom stereocenters. The zero-order valence-electron chi connectivity index (χ0n) is 13.3. The highest BCUT2D eigenvalue weighted by Gasteiger charge is 2.15. The van der Waals surface area contributed by atoms with Crippen LogP contribution in [0.25, 0.3) is 43.9 Å². The maximum absolute atomic E-state index is 12.6. The summed E-state index contributed by atoms with van der Waals surface area (Å²) in [7, 11) is 0. The third kappa shape index (κ3) is 2.06. The molecule has 0 N–H and O–H groups in total. The van der Waals surface area contributed by atoms with Crippen molar-refractivity contribution in [2.75, 3.05) is 0 Å². The van der Waals surface area contributed by atoms with Crippen molar-refractivity contribution in [1.82, 2.24) is 4.98 Å². The topological polar surface area (TPSA) is 43.1 Å². The van der Waals surface area contributed by atoms with Gasteiger partial charge < -0.3 is 4.42 Å². The maximum atomic E-state index is 12.6. The van der Waals surface area contributed by atoms with Crippen LogP contribution in [0.1, 0.15) is 0 Å². The lowest BCUT2D eigenvalue weighted by atomic mass is 10.00. The Morgan fingerprint density at radius 3 is 1.92 bits per heavy atom. The van der Waals surface area contributed by atoms with Crippen molar-refractivity contribution >= 4 is 32.6 Å². The molecule has 3 nitrogen and oxygen atoms in total. The summed E-state index contributed by atoms with van der Waals surface area (Å²) in [6.07, 6.45) is 0. The summed E-state index contributed by atoms with van der Waals surface area (Å²) in [5, 5.41) is 4.05. The van der Waals surface area contributed by atoms with Crippen LogP contribution in [0.4, 0.5) is 0 Å². The molecule has 0 radical (unpaired) electrons. The Kier molecular flexibility index (Phi) is 2.94. The maximum Gasteiger partial charge on any atom is 0.363 e. The third-order valence-corrected chi connectivity index (χ3v) is 4.52. The van der Waals surface area contributed by atoms with Crippen LogP contribution in [0, 0.1) is 0 Å². The number of hydrogen-bond acceptors (Lipinski definition) is 3. The molecular formula is C22H13NO2. The Hall–Kier alpha value is -3.46. The summed E-state index contributed by atoms with van der Waals surface area (Å²) < 4.78 is 5.75. The number of fused-ring (bicyclic) bond motifs is 6. The van der Waals surface area contributed by atoms with Crippen LogP contribution in [0.2, 0.25) is 0 Å². The smallest absolute Gasteiger partial charge is 0.363 e. The molecule has 0 aliphatic carbocycles. The Labute approximate surface area is 143 Å². The Morgan fingerprint density at radius 1 is 0.640 bits per heavy atom. The molecule has 3 heteroatoms. The normalized spacial score (nSPS) is 11.4. The van der Waals surface area contributed by atoms with E-state index >= 15 is 0 Å². The van der Waals surface area contributed by atoms with Gasteiger partial charge in [-0.25, -0.2) is 9.78 Å². The van der Waals surface area contributed by atoms with Crippen LogP contribution in [0.5, 0.6) is 0 Å². The van der Waals surface area contributed by atoms with Gasteiger partial charge in [-0.05, 0) is 10.8 Å². The van der Waals surface area contributed by atoms with Crippen LogP contribution < -0.4 is 5.63 Å². The average molecular weight is 323 g/mol. The van der Waals surface area contributed by atoms with Gasteiger partial charge in [0.1, 0.15) is 5.52 Å². The summed E-state index contributed by atoms with van der Waals surface area (Å²) in [4.78, 5) is 17.3. The first kappa shape index (κ1) is 13.9. The number of hydrogen-bond donors (Lipinski definition) is 0. The molecule has 0 spiro atoms. The first-order valence-corrected chi connectivity index (χ1v) is 8.12. The highest BCUT2D eigenvalue weighted by molar-refractivity contribution is 6.22. The van der Waals surface area contributed by atoms with E-state index in [1.807, 2.05) is 72.8 Å². The van der Waals surface area contributed by atoms with Crippen molar-refractivity contribution in [3.8, 4) is 11.3 Å². The van der Waals surface area contributed by atoms with Gasteiger partial charge in [0.25, 0.3) is 0 Å². The van der Waals surface area contributed by atoms with Crippen molar-refractivity contribution in [1.29, 1.82) is 0 Å². The molecule has 0 aliphatic heterocycles. The molecule has 25 heavy (non-hydrogen) atoms. The number of benzene rings is 4. The lowest BCUT2D eigenvalue weighted by Gasteiger charge is -2.09. The highest BCUT2D eigenvalue weighted by atomic mass is 16.4. The fourth-order valence-corrected chi connectivity index (χ4v) is 3.38. The third-order valence-electron chi connectivity index (χ3n) is 4.52. The van der Waals surface area contributed by atoms with Crippen molar-refractivity contribution in [3.63, 3.8) is 0 Å². The molecule has 1 aromatic heterocycles. The molecule has 0 bridgehead atoms. The van der Waals surface area contributed by atoms with Crippen LogP contribution in [0.15, 0.2) is 88.1 Å². The largest absolute Gasteiger partial charge is 0.419 e. The minimum Gasteiger partial charge on any atom is -0.419 e. The van der Waals surface area contributed by atoms with Crippen LogP contribution >= 0.6 is 0 Å². The van der Waals surface area contributed by atoms with Gasteiger partial charge in [0, 0.05) is 16.3 Å². The zero-order chi connectivity index (χ0) is 16.8. The van der Waals surface area contributed by atoms with E-state index in [1.165, 1.54) is 0 Å². The molecule has 0 saturated carbocycles. The second-order valence-corrected chi connectivity index (χ2v) is 5.98. The summed E-state index contributed by atoms with van der Waals surface area (Å²) >= 11 is 0. The van der Waals surface area contributed by atoms with E-state index < -0.39 is 5.63 Å². The first-order chi connectivity index (χ1) is 12.3. The van der Waals surface area contributed by atoms with Gasteiger partial charge in [0.2, 0.25) is 0 Å². The molecule has 5 aromatic rings. The minimum absolute atomic E-state index is 0.341. The number of aromatic nitrogens is 1. The summed E-state index contributed by atoms with van der Waals surface area (Å²) in [5.74, 6) is 0. The lowest BCUT2D eigenvalue weighted by Crippen LogP contribution is -2.06. The van der Waals surface area contributed by atoms with E-state index in [0.717, 1.165) is 27.1 Å². The molecule has 118 valence electrons. The quantitative estimate of drug-likeness (QED) is 0.400. The molecule has 0 unspecified atom stereocenters. The average Bonchev–Trinajstić information content (AvgIpc) is 2.68. The monoisotopic (exact) mass is 323 g/mol. The Bertz CT molecular complexity index is 1300. The number of rotatable bonds is 1. The molecule has 0 fully saturated rings. The van der Waals surface area contributed by atoms with E-state index in [9.17, 15) is 4.79 Å². The van der Waals surface area contributed by atoms with Gasteiger partial charge in [-0.1, -0.05) is 78.9 Å². The van der Waals surface area contributed by atoms with E-state index in [2.05, 4.69) is 6.07 Å². The minimum atomic E-state index is -0.417. The highest BCUT2D eigenvalue weighted by Crippen LogP contribution is 2.33. The van der Waals surface area contributed by atoms with Gasteiger partial charge in [0.05, 0.1) is 0 Å². The first-order valence-electron chi connectivity index (χ1n) is 8.12. The van der Waals surface area contributed by atoms with Gasteiger partial charge in [0.15, 0.2) is 11.3 Å². The van der Waals surface area contributed by atoms with Crippen molar-refractivity contribution in [2.45, 2.75) is 0 Å². The summed E-state index contributed by atoms with van der Waals surface area (Å²) in [6, 6.07) is 25.5. The van der Waals surface area contributed by atoms with Gasteiger partial charge in [-0.2, -0.15) is 0 Å². The van der Waals surface area contributed by atoms with Gasteiger partial charge in [-0.15, -0.1) is 0 Å². The van der Waals surface area contributed by atoms with Gasteiger partial charge in [-0.3, -0.25) is 0 Å². The van der Waals surface area contributed by atoms with Crippen LogP contribution in [-0.2, 0) is 0 Å². The molecule has 4 aromatic carbocycles. The summed E-state index contributed by atoms with van der Waals surface area (Å²) in [6.45, 7) is 0. The van der Waals surface area contributed by atoms with Crippen molar-refractivity contribution < 1.29 is 4.42 Å². The molecule has 1 heterocycles. The van der Waals surface area contributed by atoms with Crippen molar-refractivity contribution in [2.24, 2.45) is 0 Å². The molecule has 0 amide bonds. The predicted octanol–water partition coefficient (Wildman–Crippen LogP) is 5.16. The second kappa shape index (κ2) is 5.28. The molecule has 0 aliphatic rings. The second-order valence-electron chi connectivity index (χ2n) is 5.98. The predicted molar refractivity (Wildman–Crippen MR) is 101 cm³/mol. The van der Waals surface area contributed by atoms with Crippen molar-refractivity contribution in [3.05, 3.63) is 89.3 Å². The van der Waals surface area contributed by atoms with E-state index in [-0.39, 0.29) is 0 Å². The Morgan fingerprint density at radius 2 is 1.20 bits per heavy atom. The fraction of sp³-hybridized carbons (Fsp3) is 0. The summed E-state index contributed by atoms with van der Waals surface area (Å²) in [5.41, 5.74) is 1.94. The lowest BCUT2D eigenvalue weighted by molar-refractivity contribution is 0.561. The standard InChI is InChI=1S/C22H13NO2/c24-22-19(14-8-2-1-3-9-14)23-20-17-12-6-4-10-15(17)16-11-5-7-13-18(16)21(20)25-22/h1-13H.